The highest BCUT2D eigenvalue weighted by Crippen LogP contribution is 2.48. The van der Waals surface area contributed by atoms with Gasteiger partial charge in [0, 0.05) is 6.20 Å². The van der Waals surface area contributed by atoms with Gasteiger partial charge in [-0.25, -0.2) is 0 Å². The molecule has 1 aromatic heterocycles. The van der Waals surface area contributed by atoms with E-state index in [1.165, 1.54) is 5.56 Å². The topological polar surface area (TPSA) is 12.9 Å². The summed E-state index contributed by atoms with van der Waals surface area (Å²) in [5.74, 6) is 0. The van der Waals surface area contributed by atoms with E-state index in [1.807, 2.05) is 47.9 Å². The number of nitrogens with zero attached hydrogens (tertiary/aromatic N) is 1. The number of hydrogen-bond donors (Lipinski definition) is 0. The third-order valence-corrected chi connectivity index (χ3v) is 5.77. The normalized spacial score (nSPS) is 11.4. The van der Waals surface area contributed by atoms with Gasteiger partial charge in [0.2, 0.25) is 0 Å². The number of rotatable bonds is 4. The lowest BCUT2D eigenvalue weighted by Gasteiger charge is -2.30. The van der Waals surface area contributed by atoms with Crippen molar-refractivity contribution in [2.45, 2.75) is 4.08 Å². The molecule has 88 valence electrons. The maximum absolute atomic E-state index is 4.53. The first-order valence-corrected chi connectivity index (χ1v) is 7.86. The minimum atomic E-state index is -0.109. The molecule has 0 saturated carbocycles. The van der Waals surface area contributed by atoms with Crippen LogP contribution in [0.2, 0.25) is 0 Å². The van der Waals surface area contributed by atoms with Crippen LogP contribution in [0, 0.1) is 0 Å². The number of hydrogen-bond acceptors (Lipinski definition) is 3. The molecule has 0 atom stereocenters. The fourth-order valence-corrected chi connectivity index (χ4v) is 3.96. The Hall–Kier alpha value is -0.930. The predicted molar refractivity (Wildman–Crippen MR) is 78.5 cm³/mol. The molecule has 3 heteroatoms. The smallest absolute Gasteiger partial charge is 0.128 e. The van der Waals surface area contributed by atoms with Crippen molar-refractivity contribution < 1.29 is 0 Å². The van der Waals surface area contributed by atoms with Crippen LogP contribution in [0.1, 0.15) is 11.3 Å². The first-order chi connectivity index (χ1) is 8.33. The Morgan fingerprint density at radius 3 is 2.06 bits per heavy atom. The fraction of sp³-hybridized carbons (Fsp3) is 0.214. The molecule has 0 bridgehead atoms. The van der Waals surface area contributed by atoms with Crippen LogP contribution in [-0.4, -0.2) is 17.5 Å². The molecule has 0 radical (unpaired) electrons. The summed E-state index contributed by atoms with van der Waals surface area (Å²) in [7, 11) is 0. The van der Waals surface area contributed by atoms with Crippen molar-refractivity contribution in [3.63, 3.8) is 0 Å². The summed E-state index contributed by atoms with van der Waals surface area (Å²) in [5, 5.41) is 0. The van der Waals surface area contributed by atoms with Crippen molar-refractivity contribution >= 4 is 23.5 Å². The Morgan fingerprint density at radius 2 is 1.53 bits per heavy atom. The van der Waals surface area contributed by atoms with Crippen LogP contribution in [-0.2, 0) is 4.08 Å². The predicted octanol–water partition coefficient (Wildman–Crippen LogP) is 4.01. The van der Waals surface area contributed by atoms with E-state index in [1.54, 1.807) is 0 Å². The van der Waals surface area contributed by atoms with Gasteiger partial charge >= 0.3 is 0 Å². The minimum Gasteiger partial charge on any atom is -0.259 e. The monoisotopic (exact) mass is 261 g/mol. The van der Waals surface area contributed by atoms with E-state index < -0.39 is 0 Å². The van der Waals surface area contributed by atoms with Gasteiger partial charge in [-0.15, -0.1) is 23.5 Å². The summed E-state index contributed by atoms with van der Waals surface area (Å²) in [5.41, 5.74) is 2.39. The SMILES string of the molecule is CSC(SC)(c1ccccc1)c1ccccn1. The van der Waals surface area contributed by atoms with E-state index in [-0.39, 0.29) is 4.08 Å². The van der Waals surface area contributed by atoms with Gasteiger partial charge in [0.25, 0.3) is 0 Å². The molecule has 0 spiro atoms. The van der Waals surface area contributed by atoms with Gasteiger partial charge < -0.3 is 0 Å². The number of thioether (sulfide) groups is 2. The highest BCUT2D eigenvalue weighted by molar-refractivity contribution is 8.17. The highest BCUT2D eigenvalue weighted by atomic mass is 32.2. The second kappa shape index (κ2) is 5.61. The number of benzene rings is 1. The summed E-state index contributed by atoms with van der Waals surface area (Å²) in [6.45, 7) is 0. The largest absolute Gasteiger partial charge is 0.259 e. The van der Waals surface area contributed by atoms with Crippen molar-refractivity contribution in [2.75, 3.05) is 12.5 Å². The molecule has 1 heterocycles. The van der Waals surface area contributed by atoms with Crippen LogP contribution in [0.4, 0.5) is 0 Å². The van der Waals surface area contributed by atoms with Gasteiger partial charge in [-0.3, -0.25) is 4.98 Å². The molecule has 0 N–H and O–H groups in total. The maximum Gasteiger partial charge on any atom is 0.128 e. The molecule has 0 aliphatic rings. The van der Waals surface area contributed by atoms with E-state index in [9.17, 15) is 0 Å². The maximum atomic E-state index is 4.53. The van der Waals surface area contributed by atoms with E-state index in [0.717, 1.165) is 5.69 Å². The zero-order valence-corrected chi connectivity index (χ0v) is 11.6. The lowest BCUT2D eigenvalue weighted by molar-refractivity contribution is 0.992. The van der Waals surface area contributed by atoms with Gasteiger partial charge in [-0.2, -0.15) is 0 Å². The number of pyridine rings is 1. The van der Waals surface area contributed by atoms with Gasteiger partial charge in [0.1, 0.15) is 4.08 Å². The van der Waals surface area contributed by atoms with Crippen LogP contribution < -0.4 is 0 Å². The van der Waals surface area contributed by atoms with Crippen molar-refractivity contribution in [1.29, 1.82) is 0 Å². The van der Waals surface area contributed by atoms with Crippen molar-refractivity contribution in [2.24, 2.45) is 0 Å². The van der Waals surface area contributed by atoms with Crippen LogP contribution in [0.25, 0.3) is 0 Å². The van der Waals surface area contributed by atoms with E-state index >= 15 is 0 Å². The lowest BCUT2D eigenvalue weighted by Crippen LogP contribution is -2.20. The zero-order valence-electron chi connectivity index (χ0n) is 9.96. The molecular formula is C14H15NS2. The molecule has 0 amide bonds. The Labute approximate surface area is 111 Å². The summed E-state index contributed by atoms with van der Waals surface area (Å²) < 4.78 is -0.109. The molecule has 2 aromatic rings. The Bertz CT molecular complexity index is 411. The molecule has 0 aliphatic carbocycles. The van der Waals surface area contributed by atoms with Gasteiger partial charge in [0.15, 0.2) is 0 Å². The quantitative estimate of drug-likeness (QED) is 0.772. The van der Waals surface area contributed by atoms with Crippen molar-refractivity contribution in [1.82, 2.24) is 4.98 Å². The van der Waals surface area contributed by atoms with Crippen molar-refractivity contribution in [3.05, 3.63) is 66.0 Å². The molecule has 2 rings (SSSR count). The van der Waals surface area contributed by atoms with E-state index in [2.05, 4.69) is 47.8 Å². The molecule has 1 aromatic carbocycles. The minimum absolute atomic E-state index is 0.109. The molecule has 0 aliphatic heterocycles. The van der Waals surface area contributed by atoms with Crippen LogP contribution in [0.15, 0.2) is 54.7 Å². The van der Waals surface area contributed by atoms with Crippen molar-refractivity contribution in [3.8, 4) is 0 Å². The van der Waals surface area contributed by atoms with Gasteiger partial charge in [-0.1, -0.05) is 36.4 Å². The zero-order chi connectivity index (χ0) is 12.1. The van der Waals surface area contributed by atoms with E-state index in [0.29, 0.717) is 0 Å². The average molecular weight is 261 g/mol. The van der Waals surface area contributed by atoms with Crippen LogP contribution in [0.5, 0.6) is 0 Å². The van der Waals surface area contributed by atoms with Crippen LogP contribution in [0.3, 0.4) is 0 Å². The Kier molecular flexibility index (Phi) is 4.13. The van der Waals surface area contributed by atoms with Gasteiger partial charge in [0.05, 0.1) is 5.69 Å². The standard InChI is InChI=1S/C14H15NS2/c1-16-14(17-2,12-8-4-3-5-9-12)13-10-6-7-11-15-13/h3-11H,1-2H3. The Morgan fingerprint density at radius 1 is 0.882 bits per heavy atom. The first kappa shape index (κ1) is 12.5. The third-order valence-electron chi connectivity index (χ3n) is 2.73. The fourth-order valence-electron chi connectivity index (χ4n) is 1.89. The summed E-state index contributed by atoms with van der Waals surface area (Å²) in [4.78, 5) is 4.53. The molecule has 17 heavy (non-hydrogen) atoms. The number of aromatic nitrogens is 1. The first-order valence-electron chi connectivity index (χ1n) is 5.41. The molecular weight excluding hydrogens is 246 g/mol. The highest BCUT2D eigenvalue weighted by Gasteiger charge is 2.33. The third kappa shape index (κ3) is 2.35. The lowest BCUT2D eigenvalue weighted by atomic mass is 10.1. The molecule has 0 unspecified atom stereocenters. The van der Waals surface area contributed by atoms with E-state index in [4.69, 9.17) is 0 Å². The Balaban J connectivity index is 2.54. The average Bonchev–Trinajstić information content (AvgIpc) is 2.43. The molecule has 1 nitrogen and oxygen atoms in total. The summed E-state index contributed by atoms with van der Waals surface area (Å²) in [6, 6.07) is 16.7. The molecule has 0 saturated heterocycles. The van der Waals surface area contributed by atoms with Crippen LogP contribution >= 0.6 is 23.5 Å². The second-order valence-corrected chi connectivity index (χ2v) is 5.91. The summed E-state index contributed by atoms with van der Waals surface area (Å²) in [6.07, 6.45) is 6.13. The molecule has 0 fully saturated rings. The summed E-state index contributed by atoms with van der Waals surface area (Å²) >= 11 is 3.65. The van der Waals surface area contributed by atoms with Gasteiger partial charge in [-0.05, 0) is 30.2 Å². The second-order valence-electron chi connectivity index (χ2n) is 3.61.